The Balaban J connectivity index is 1.37. The number of unbranched alkanes of at least 4 members (excludes halogenated alkanes) is 2. The van der Waals surface area contributed by atoms with Crippen LogP contribution in [0.3, 0.4) is 0 Å². The second kappa shape index (κ2) is 38.4. The second-order valence-electron chi connectivity index (χ2n) is 25.8. The number of urea groups is 1. The number of carbonyl (C=O) groups excluding carboxylic acids is 11. The summed E-state index contributed by atoms with van der Waals surface area (Å²) in [5.41, 5.74) is 6.77. The summed E-state index contributed by atoms with van der Waals surface area (Å²) >= 11 is 0. The summed E-state index contributed by atoms with van der Waals surface area (Å²) in [4.78, 5) is 152. The molecule has 1 fully saturated rings. The number of ether oxygens (including phenoxy) is 3. The number of nitrogens with zero attached hydrogens (tertiary/aromatic N) is 4. The van der Waals surface area contributed by atoms with Crippen molar-refractivity contribution in [1.82, 2.24) is 46.2 Å². The third-order valence-electron chi connectivity index (χ3n) is 17.7. The zero-order valence-corrected chi connectivity index (χ0v) is 57.4. The van der Waals surface area contributed by atoms with Crippen molar-refractivity contribution in [3.63, 3.8) is 0 Å². The van der Waals surface area contributed by atoms with Crippen molar-refractivity contribution in [2.45, 2.75) is 201 Å². The summed E-state index contributed by atoms with van der Waals surface area (Å²) in [7, 11) is 6.08. The fourth-order valence-corrected chi connectivity index (χ4v) is 12.1. The van der Waals surface area contributed by atoms with Crippen LogP contribution in [-0.2, 0) is 64.0 Å². The van der Waals surface area contributed by atoms with Crippen molar-refractivity contribution in [3.8, 4) is 0 Å². The van der Waals surface area contributed by atoms with E-state index in [1.807, 2.05) is 32.0 Å². The number of aliphatic hydroxyl groups is 1. The largest absolute Gasteiger partial charge is 0.445 e. The maximum Gasteiger partial charge on any atom is 0.410 e. The van der Waals surface area contributed by atoms with Gasteiger partial charge in [0.05, 0.1) is 48.8 Å². The zero-order chi connectivity index (χ0) is 70.1. The van der Waals surface area contributed by atoms with Crippen LogP contribution < -0.4 is 37.6 Å². The molecule has 2 aliphatic heterocycles. The number of rotatable bonds is 38. The van der Waals surface area contributed by atoms with Crippen LogP contribution >= 0.6 is 0 Å². The van der Waals surface area contributed by atoms with Crippen LogP contribution in [0, 0.1) is 29.6 Å². The van der Waals surface area contributed by atoms with Gasteiger partial charge in [0.15, 0.2) is 0 Å². The van der Waals surface area contributed by atoms with Gasteiger partial charge in [-0.1, -0.05) is 118 Å². The van der Waals surface area contributed by atoms with Crippen molar-refractivity contribution in [2.24, 2.45) is 35.3 Å². The Labute approximate surface area is 554 Å². The minimum Gasteiger partial charge on any atom is -0.445 e. The lowest BCUT2D eigenvalue weighted by atomic mass is 9.89. The number of imide groups is 1. The number of nitrogens with one attached hydrogen (secondary N) is 6. The molecule has 0 bridgehead atoms. The first-order valence-corrected chi connectivity index (χ1v) is 32.9. The molecule has 0 saturated carbocycles. The highest BCUT2D eigenvalue weighted by Gasteiger charge is 2.44. The van der Waals surface area contributed by atoms with E-state index in [9.17, 15) is 57.8 Å². The lowest BCUT2D eigenvalue weighted by Gasteiger charge is -2.41. The minimum atomic E-state index is -1.11. The predicted molar refractivity (Wildman–Crippen MR) is 353 cm³/mol. The first-order valence-electron chi connectivity index (χ1n) is 32.9. The number of hydrogen-bond donors (Lipinski definition) is 8. The zero-order valence-electron chi connectivity index (χ0n) is 57.4. The van der Waals surface area contributed by atoms with E-state index >= 15 is 0 Å². The molecule has 4 rings (SSSR count). The summed E-state index contributed by atoms with van der Waals surface area (Å²) in [5.74, 6) is -6.02. The average molecular weight is 1320 g/mol. The van der Waals surface area contributed by atoms with Crippen LogP contribution in [0.1, 0.15) is 151 Å². The van der Waals surface area contributed by atoms with Gasteiger partial charge in [-0.15, -0.1) is 0 Å². The summed E-state index contributed by atoms with van der Waals surface area (Å²) in [6.45, 7) is 18.6. The van der Waals surface area contributed by atoms with Gasteiger partial charge in [-0.3, -0.25) is 53.0 Å². The van der Waals surface area contributed by atoms with E-state index in [1.165, 1.54) is 38.3 Å². The number of hydrogen-bond acceptors (Lipinski definition) is 15. The molecule has 94 heavy (non-hydrogen) atoms. The summed E-state index contributed by atoms with van der Waals surface area (Å²) in [6, 6.07) is 8.74. The highest BCUT2D eigenvalue weighted by Crippen LogP contribution is 2.31. The Bertz CT molecular complexity index is 2880. The number of benzene rings is 2. The van der Waals surface area contributed by atoms with Gasteiger partial charge in [-0.25, -0.2) is 9.59 Å². The Morgan fingerprint density at radius 3 is 1.93 bits per heavy atom. The fraction of sp³-hybridized carbons (Fsp3) is 0.632. The van der Waals surface area contributed by atoms with E-state index in [-0.39, 0.29) is 86.8 Å². The number of methoxy groups -OCH3 is 2. The molecule has 2 aromatic carbocycles. The fourth-order valence-electron chi connectivity index (χ4n) is 12.1. The molecule has 522 valence electrons. The number of carbonyl (C=O) groups is 11. The number of likely N-dealkylation sites (tertiary alicyclic amines) is 1. The van der Waals surface area contributed by atoms with Crippen molar-refractivity contribution in [1.29, 1.82) is 0 Å². The van der Waals surface area contributed by atoms with E-state index < -0.39 is 114 Å². The average Bonchev–Trinajstić information content (AvgIpc) is 1.33. The van der Waals surface area contributed by atoms with Gasteiger partial charge in [0.25, 0.3) is 11.8 Å². The van der Waals surface area contributed by atoms with Crippen LogP contribution in [0.15, 0.2) is 66.7 Å². The molecular weight excluding hydrogens is 1210 g/mol. The van der Waals surface area contributed by atoms with Crippen molar-refractivity contribution < 1.29 is 72.1 Å². The van der Waals surface area contributed by atoms with Crippen molar-refractivity contribution >= 4 is 71.0 Å². The third-order valence-corrected chi connectivity index (χ3v) is 17.7. The first kappa shape index (κ1) is 78.5. The number of aliphatic hydroxyl groups excluding tert-OH is 1. The molecule has 2 heterocycles. The molecule has 0 radical (unpaired) electrons. The molecule has 26 nitrogen and oxygen atoms in total. The Hall–Kier alpha value is -7.97. The maximum absolute atomic E-state index is 14.8. The SMILES string of the molecule is CC[C@H](C)[C@@H]([C@@H](CC(=O)N1CCC[C@H]1[C@H](OC)[C@@H](C)C(=O)N[C@H](C)[C@@H](O)c1ccccc1)OC)N(C)C(=O)C(NC(=O)[C@H](C(C)C)N(C)C(=O)OCc1ccc(NC(=O)[C@H](CCCNC(N)=O)NC(=O)[C@@H](NC(=O)CCCCCN2C(=O)C=CC2=O)C(C)C)cc1)C(C)C. The number of amides is 12. The second-order valence-corrected chi connectivity index (χ2v) is 25.8. The molecule has 12 amide bonds. The molecule has 0 aromatic heterocycles. The van der Waals surface area contributed by atoms with Gasteiger partial charge in [0.1, 0.15) is 30.8 Å². The molecule has 2 aromatic rings. The number of nitrogens with two attached hydrogens (primary N) is 1. The quantitative estimate of drug-likeness (QED) is 0.0321. The van der Waals surface area contributed by atoms with E-state index in [4.69, 9.17) is 19.9 Å². The Morgan fingerprint density at radius 1 is 0.713 bits per heavy atom. The smallest absolute Gasteiger partial charge is 0.410 e. The molecular formula is C68H105N11O15. The molecule has 12 atom stereocenters. The molecule has 1 unspecified atom stereocenters. The van der Waals surface area contributed by atoms with Gasteiger partial charge in [0.2, 0.25) is 41.4 Å². The van der Waals surface area contributed by atoms with E-state index in [1.54, 1.807) is 109 Å². The van der Waals surface area contributed by atoms with E-state index in [0.717, 1.165) is 4.90 Å². The lowest BCUT2D eigenvalue weighted by molar-refractivity contribution is -0.148. The lowest BCUT2D eigenvalue weighted by Crippen LogP contribution is -2.60. The van der Waals surface area contributed by atoms with Gasteiger partial charge < -0.3 is 66.8 Å². The Kier molecular flexibility index (Phi) is 32.1. The summed E-state index contributed by atoms with van der Waals surface area (Å²) < 4.78 is 17.7. The van der Waals surface area contributed by atoms with Crippen LogP contribution in [0.25, 0.3) is 0 Å². The third kappa shape index (κ3) is 22.9. The van der Waals surface area contributed by atoms with Gasteiger partial charge in [-0.2, -0.15) is 0 Å². The summed E-state index contributed by atoms with van der Waals surface area (Å²) in [5, 5.41) is 27.6. The topological polar surface area (TPSA) is 347 Å². The molecule has 26 heteroatoms. The van der Waals surface area contributed by atoms with Crippen LogP contribution in [0.2, 0.25) is 0 Å². The number of primary amides is 1. The molecule has 2 aliphatic rings. The van der Waals surface area contributed by atoms with Crippen LogP contribution in [0.4, 0.5) is 15.3 Å². The normalized spacial score (nSPS) is 17.4. The van der Waals surface area contributed by atoms with Gasteiger partial charge in [0, 0.05) is 72.2 Å². The molecule has 1 saturated heterocycles. The van der Waals surface area contributed by atoms with Crippen molar-refractivity contribution in [2.75, 3.05) is 53.3 Å². The number of likely N-dealkylation sites (N-methyl/N-ethyl adjacent to an activating group) is 2. The standard InChI is InChI=1S/C68H105N11O15/c1-15-43(8)59(51(92-13)38-55(83)78-37-23-27-50(78)61(93-14)44(9)62(85)71-45(10)60(84)47-24-18-16-19-25-47)76(11)66(89)57(41(4)5)75-65(88)58(42(6)7)77(12)68(91)94-39-46-29-31-48(32-30-46)72-63(86)49(26-22-35-70-67(69)90)73-64(87)56(40(2)3)74-52(80)28-20-17-21-36-79-53(81)33-34-54(79)82/h16,18-19,24-25,29-34,40-45,49-51,56-61,84H,15,17,20-23,26-28,35-39H2,1-14H3,(H,71,85)(H,72,86)(H,73,87)(H,74,80)(H,75,88)(H3,69,70,90)/t43-,44+,45+,49-,50-,51+,56-,57?,58-,59-,60+,61+/m0/s1. The van der Waals surface area contributed by atoms with Crippen LogP contribution in [-0.4, -0.2) is 192 Å². The highest BCUT2D eigenvalue weighted by molar-refractivity contribution is 6.12. The molecule has 0 aliphatic carbocycles. The predicted octanol–water partition coefficient (Wildman–Crippen LogP) is 5.08. The van der Waals surface area contributed by atoms with Gasteiger partial charge in [-0.05, 0) is 92.4 Å². The monoisotopic (exact) mass is 1320 g/mol. The minimum absolute atomic E-state index is 0.0841. The van der Waals surface area contributed by atoms with E-state index in [0.29, 0.717) is 61.9 Å². The van der Waals surface area contributed by atoms with Gasteiger partial charge >= 0.3 is 12.1 Å². The summed E-state index contributed by atoms with van der Waals surface area (Å²) in [6.07, 6.45) is 2.94. The number of anilines is 1. The molecule has 0 spiro atoms. The first-order chi connectivity index (χ1) is 44.5. The van der Waals surface area contributed by atoms with E-state index in [2.05, 4.69) is 31.9 Å². The molecule has 9 N–H and O–H groups in total. The Morgan fingerprint density at radius 2 is 1.35 bits per heavy atom. The van der Waals surface area contributed by atoms with Crippen molar-refractivity contribution in [3.05, 3.63) is 77.9 Å². The maximum atomic E-state index is 14.8. The van der Waals surface area contributed by atoms with Crippen LogP contribution in [0.5, 0.6) is 0 Å². The highest BCUT2D eigenvalue weighted by atomic mass is 16.6.